The van der Waals surface area contributed by atoms with Gasteiger partial charge in [0.15, 0.2) is 0 Å². The van der Waals surface area contributed by atoms with E-state index < -0.39 is 0 Å². The first-order chi connectivity index (χ1) is 8.17. The molecule has 2 aromatic carbocycles. The van der Waals surface area contributed by atoms with E-state index in [0.29, 0.717) is 22.1 Å². The Morgan fingerprint density at radius 2 is 1.76 bits per heavy atom. The van der Waals surface area contributed by atoms with Crippen LogP contribution in [0.3, 0.4) is 0 Å². The van der Waals surface area contributed by atoms with Gasteiger partial charge < -0.3 is 10.5 Å². The summed E-state index contributed by atoms with van der Waals surface area (Å²) >= 11 is 5.76. The number of ether oxygens (including phenoxy) is 1. The van der Waals surface area contributed by atoms with Gasteiger partial charge in [-0.1, -0.05) is 11.6 Å². The third kappa shape index (κ3) is 3.19. The monoisotopic (exact) mass is 251 g/mol. The number of halogens is 2. The van der Waals surface area contributed by atoms with E-state index in [4.69, 9.17) is 22.1 Å². The molecule has 2 rings (SSSR count). The number of nitrogens with two attached hydrogens (primary N) is 1. The first-order valence-electron chi connectivity index (χ1n) is 5.10. The molecule has 0 aliphatic carbocycles. The van der Waals surface area contributed by atoms with Crippen LogP contribution in [-0.2, 0) is 6.54 Å². The average molecular weight is 252 g/mol. The largest absolute Gasteiger partial charge is 0.457 e. The molecule has 0 saturated carbocycles. The first kappa shape index (κ1) is 11.9. The molecule has 4 heteroatoms. The molecule has 0 aliphatic rings. The van der Waals surface area contributed by atoms with Gasteiger partial charge in [-0.2, -0.15) is 0 Å². The van der Waals surface area contributed by atoms with Crippen molar-refractivity contribution in [1.82, 2.24) is 0 Å². The molecular formula is C13H11ClFNO. The van der Waals surface area contributed by atoms with Gasteiger partial charge in [-0.3, -0.25) is 0 Å². The van der Waals surface area contributed by atoms with Gasteiger partial charge in [-0.15, -0.1) is 0 Å². The molecule has 0 saturated heterocycles. The van der Waals surface area contributed by atoms with Gasteiger partial charge >= 0.3 is 0 Å². The van der Waals surface area contributed by atoms with Crippen LogP contribution in [0.1, 0.15) is 5.56 Å². The van der Waals surface area contributed by atoms with E-state index in [9.17, 15) is 4.39 Å². The van der Waals surface area contributed by atoms with E-state index in [-0.39, 0.29) is 12.4 Å². The zero-order chi connectivity index (χ0) is 12.3. The summed E-state index contributed by atoms with van der Waals surface area (Å²) in [7, 11) is 0. The molecule has 0 aromatic heterocycles. The van der Waals surface area contributed by atoms with Crippen molar-refractivity contribution in [2.45, 2.75) is 6.54 Å². The SMILES string of the molecule is NCc1cc(F)cc(Oc2ccc(Cl)cc2)c1. The minimum atomic E-state index is -0.364. The maximum Gasteiger partial charge on any atom is 0.130 e. The van der Waals surface area contributed by atoms with Crippen molar-refractivity contribution < 1.29 is 9.13 Å². The molecule has 2 N–H and O–H groups in total. The third-order valence-electron chi connectivity index (χ3n) is 2.22. The van der Waals surface area contributed by atoms with E-state index >= 15 is 0 Å². The average Bonchev–Trinajstić information content (AvgIpc) is 2.31. The molecule has 0 atom stereocenters. The second kappa shape index (κ2) is 5.17. The number of hydrogen-bond donors (Lipinski definition) is 1. The van der Waals surface area contributed by atoms with Crippen molar-refractivity contribution in [1.29, 1.82) is 0 Å². The van der Waals surface area contributed by atoms with Crippen LogP contribution in [0.2, 0.25) is 5.02 Å². The fourth-order valence-electron chi connectivity index (χ4n) is 1.44. The zero-order valence-electron chi connectivity index (χ0n) is 8.99. The maximum atomic E-state index is 13.2. The molecule has 0 spiro atoms. The van der Waals surface area contributed by atoms with Crippen LogP contribution in [0, 0.1) is 5.82 Å². The molecule has 0 aliphatic heterocycles. The van der Waals surface area contributed by atoms with Crippen molar-refractivity contribution in [2.24, 2.45) is 5.73 Å². The molecule has 0 heterocycles. The second-order valence-corrected chi connectivity index (χ2v) is 3.99. The second-order valence-electron chi connectivity index (χ2n) is 3.56. The summed E-state index contributed by atoms with van der Waals surface area (Å²) in [6, 6.07) is 11.3. The molecule has 0 amide bonds. The summed E-state index contributed by atoms with van der Waals surface area (Å²) in [5.74, 6) is 0.660. The Morgan fingerprint density at radius 3 is 2.41 bits per heavy atom. The Kier molecular flexibility index (Phi) is 3.61. The Morgan fingerprint density at radius 1 is 1.06 bits per heavy atom. The van der Waals surface area contributed by atoms with E-state index in [0.717, 1.165) is 0 Å². The zero-order valence-corrected chi connectivity index (χ0v) is 9.75. The lowest BCUT2D eigenvalue weighted by molar-refractivity contribution is 0.476. The van der Waals surface area contributed by atoms with Gasteiger partial charge in [0.05, 0.1) is 0 Å². The minimum absolute atomic E-state index is 0.273. The lowest BCUT2D eigenvalue weighted by Crippen LogP contribution is -1.97. The first-order valence-corrected chi connectivity index (χ1v) is 5.48. The molecule has 0 fully saturated rings. The summed E-state index contributed by atoms with van der Waals surface area (Å²) in [6.07, 6.45) is 0. The van der Waals surface area contributed by atoms with Gasteiger partial charge in [0.25, 0.3) is 0 Å². The maximum absolute atomic E-state index is 13.2. The molecule has 2 aromatic rings. The van der Waals surface area contributed by atoms with Crippen LogP contribution in [-0.4, -0.2) is 0 Å². The van der Waals surface area contributed by atoms with Crippen molar-refractivity contribution in [2.75, 3.05) is 0 Å². The fourth-order valence-corrected chi connectivity index (χ4v) is 1.56. The van der Waals surface area contributed by atoms with Crippen LogP contribution in [0.15, 0.2) is 42.5 Å². The molecular weight excluding hydrogens is 241 g/mol. The minimum Gasteiger partial charge on any atom is -0.457 e. The van der Waals surface area contributed by atoms with Crippen LogP contribution in [0.5, 0.6) is 11.5 Å². The summed E-state index contributed by atoms with van der Waals surface area (Å²) in [6.45, 7) is 0.273. The highest BCUT2D eigenvalue weighted by molar-refractivity contribution is 6.30. The van der Waals surface area contributed by atoms with Crippen LogP contribution < -0.4 is 10.5 Å². The quantitative estimate of drug-likeness (QED) is 0.902. The summed E-state index contributed by atoms with van der Waals surface area (Å²) in [5, 5.41) is 0.624. The predicted molar refractivity (Wildman–Crippen MR) is 65.8 cm³/mol. The Hall–Kier alpha value is -1.58. The molecule has 17 heavy (non-hydrogen) atoms. The smallest absolute Gasteiger partial charge is 0.130 e. The molecule has 88 valence electrons. The van der Waals surface area contributed by atoms with E-state index in [2.05, 4.69) is 0 Å². The van der Waals surface area contributed by atoms with Crippen molar-refractivity contribution >= 4 is 11.6 Å². The Balaban J connectivity index is 2.23. The van der Waals surface area contributed by atoms with Crippen molar-refractivity contribution in [3.05, 3.63) is 58.9 Å². The fraction of sp³-hybridized carbons (Fsp3) is 0.0769. The highest BCUT2D eigenvalue weighted by atomic mass is 35.5. The number of hydrogen-bond acceptors (Lipinski definition) is 2. The topological polar surface area (TPSA) is 35.2 Å². The van der Waals surface area contributed by atoms with E-state index in [1.165, 1.54) is 12.1 Å². The van der Waals surface area contributed by atoms with Gasteiger partial charge in [-0.25, -0.2) is 4.39 Å². The van der Waals surface area contributed by atoms with Crippen LogP contribution in [0.25, 0.3) is 0 Å². The summed E-state index contributed by atoms with van der Waals surface area (Å²) in [5.41, 5.74) is 6.15. The number of benzene rings is 2. The van der Waals surface area contributed by atoms with Crippen LogP contribution >= 0.6 is 11.6 Å². The lowest BCUT2D eigenvalue weighted by Gasteiger charge is -2.07. The van der Waals surface area contributed by atoms with Gasteiger partial charge in [0.2, 0.25) is 0 Å². The Bertz CT molecular complexity index is 513. The number of rotatable bonds is 3. The van der Waals surface area contributed by atoms with Crippen LogP contribution in [0.4, 0.5) is 4.39 Å². The predicted octanol–water partition coefficient (Wildman–Crippen LogP) is 3.73. The highest BCUT2D eigenvalue weighted by Gasteiger charge is 2.02. The third-order valence-corrected chi connectivity index (χ3v) is 2.47. The van der Waals surface area contributed by atoms with Crippen molar-refractivity contribution in [3.63, 3.8) is 0 Å². The Labute approximate surface area is 104 Å². The molecule has 0 unspecified atom stereocenters. The molecule has 2 nitrogen and oxygen atoms in total. The molecule has 0 radical (unpaired) electrons. The normalized spacial score (nSPS) is 10.3. The van der Waals surface area contributed by atoms with E-state index in [1.54, 1.807) is 30.3 Å². The van der Waals surface area contributed by atoms with Gasteiger partial charge in [0, 0.05) is 17.6 Å². The summed E-state index contributed by atoms with van der Waals surface area (Å²) < 4.78 is 18.7. The van der Waals surface area contributed by atoms with Gasteiger partial charge in [-0.05, 0) is 42.0 Å². The summed E-state index contributed by atoms with van der Waals surface area (Å²) in [4.78, 5) is 0. The van der Waals surface area contributed by atoms with Crippen molar-refractivity contribution in [3.8, 4) is 11.5 Å². The molecule has 0 bridgehead atoms. The lowest BCUT2D eigenvalue weighted by atomic mass is 10.2. The standard InChI is InChI=1S/C13H11ClFNO/c14-10-1-3-12(4-2-10)17-13-6-9(8-16)5-11(15)7-13/h1-7H,8,16H2. The van der Waals surface area contributed by atoms with E-state index in [1.807, 2.05) is 0 Å². The highest BCUT2D eigenvalue weighted by Crippen LogP contribution is 2.24. The van der Waals surface area contributed by atoms with Gasteiger partial charge in [0.1, 0.15) is 17.3 Å².